The van der Waals surface area contributed by atoms with E-state index < -0.39 is 10.8 Å². The number of benzene rings is 2. The lowest BCUT2D eigenvalue weighted by molar-refractivity contribution is -0.385. The minimum atomic E-state index is -0.729. The van der Waals surface area contributed by atoms with Gasteiger partial charge in [0.2, 0.25) is 5.91 Å². The van der Waals surface area contributed by atoms with Gasteiger partial charge in [0, 0.05) is 22.5 Å². The lowest BCUT2D eigenvalue weighted by Gasteiger charge is -2.09. The summed E-state index contributed by atoms with van der Waals surface area (Å²) in [4.78, 5) is 34.5. The van der Waals surface area contributed by atoms with Crippen LogP contribution in [0.2, 0.25) is 5.02 Å². The Morgan fingerprint density at radius 1 is 1.19 bits per heavy atom. The molecule has 2 amide bonds. The van der Waals surface area contributed by atoms with E-state index in [4.69, 9.17) is 11.6 Å². The number of rotatable bonds is 6. The van der Waals surface area contributed by atoms with E-state index in [1.807, 2.05) is 0 Å². The molecule has 0 aliphatic carbocycles. The summed E-state index contributed by atoms with van der Waals surface area (Å²) in [5.74, 6) is -1.06. The van der Waals surface area contributed by atoms with Crippen LogP contribution in [0.5, 0.6) is 0 Å². The second-order valence-corrected chi connectivity index (χ2v) is 6.11. The Bertz CT molecular complexity index is 927. The molecule has 2 rings (SSSR count). The summed E-state index contributed by atoms with van der Waals surface area (Å²) in [7, 11) is 0. The third-order valence-corrected chi connectivity index (χ3v) is 4.06. The van der Waals surface area contributed by atoms with Crippen molar-refractivity contribution in [3.05, 3.63) is 68.7 Å². The van der Waals surface area contributed by atoms with E-state index in [0.29, 0.717) is 16.4 Å². The number of amides is 2. The van der Waals surface area contributed by atoms with E-state index in [1.165, 1.54) is 24.3 Å². The van der Waals surface area contributed by atoms with Gasteiger partial charge in [0.1, 0.15) is 5.56 Å². The van der Waals surface area contributed by atoms with Crippen LogP contribution in [0, 0.1) is 17.0 Å². The van der Waals surface area contributed by atoms with Crippen molar-refractivity contribution in [1.29, 1.82) is 0 Å². The van der Waals surface area contributed by atoms with Gasteiger partial charge in [-0.15, -0.1) is 0 Å². The van der Waals surface area contributed by atoms with Crippen LogP contribution in [0.1, 0.15) is 29.3 Å². The first-order valence-corrected chi connectivity index (χ1v) is 8.29. The number of hydrogen-bond donors (Lipinski definition) is 2. The highest BCUT2D eigenvalue weighted by molar-refractivity contribution is 6.31. The number of para-hydroxylation sites is 1. The van der Waals surface area contributed by atoms with Crippen molar-refractivity contribution in [1.82, 2.24) is 5.43 Å². The van der Waals surface area contributed by atoms with Gasteiger partial charge in [-0.25, -0.2) is 5.43 Å². The molecule has 0 saturated carbocycles. The highest BCUT2D eigenvalue weighted by atomic mass is 35.5. The van der Waals surface area contributed by atoms with Gasteiger partial charge in [-0.2, -0.15) is 5.10 Å². The van der Waals surface area contributed by atoms with Crippen LogP contribution >= 0.6 is 11.6 Å². The van der Waals surface area contributed by atoms with Crippen molar-refractivity contribution in [2.75, 3.05) is 5.32 Å². The monoisotopic (exact) mass is 388 g/mol. The van der Waals surface area contributed by atoms with Gasteiger partial charge in [0.05, 0.1) is 11.3 Å². The molecule has 0 unspecified atom stereocenters. The topological polar surface area (TPSA) is 114 Å². The van der Waals surface area contributed by atoms with Gasteiger partial charge in [-0.05, 0) is 37.6 Å². The summed E-state index contributed by atoms with van der Waals surface area (Å²) in [5.41, 5.74) is 3.45. The van der Waals surface area contributed by atoms with Gasteiger partial charge in [0.15, 0.2) is 0 Å². The SMILES string of the molecule is C/C(CC(=O)Nc1cccc(Cl)c1C)=N\NC(=O)c1ccccc1[N+](=O)[O-]. The number of carbonyl (C=O) groups excluding carboxylic acids is 2. The summed E-state index contributed by atoms with van der Waals surface area (Å²) >= 11 is 6.01. The first-order valence-electron chi connectivity index (χ1n) is 7.91. The highest BCUT2D eigenvalue weighted by Gasteiger charge is 2.18. The van der Waals surface area contributed by atoms with Crippen molar-refractivity contribution >= 4 is 40.5 Å². The highest BCUT2D eigenvalue weighted by Crippen LogP contribution is 2.23. The number of nitro groups is 1. The van der Waals surface area contributed by atoms with Crippen molar-refractivity contribution in [2.45, 2.75) is 20.3 Å². The summed E-state index contributed by atoms with van der Waals surface area (Å²) < 4.78 is 0. The van der Waals surface area contributed by atoms with Crippen molar-refractivity contribution in [3.63, 3.8) is 0 Å². The Kier molecular flexibility index (Phi) is 6.62. The molecular weight excluding hydrogens is 372 g/mol. The first kappa shape index (κ1) is 20.1. The average molecular weight is 389 g/mol. The number of hydrogen-bond acceptors (Lipinski definition) is 5. The van der Waals surface area contributed by atoms with Crippen LogP contribution < -0.4 is 10.7 Å². The van der Waals surface area contributed by atoms with Crippen LogP contribution in [0.25, 0.3) is 0 Å². The quantitative estimate of drug-likeness (QED) is 0.446. The van der Waals surface area contributed by atoms with Crippen molar-refractivity contribution < 1.29 is 14.5 Å². The molecule has 0 aliphatic rings. The lowest BCUT2D eigenvalue weighted by atomic mass is 10.2. The predicted molar refractivity (Wildman–Crippen MR) is 103 cm³/mol. The number of halogens is 1. The molecule has 9 heteroatoms. The number of hydrazone groups is 1. The second-order valence-electron chi connectivity index (χ2n) is 5.70. The number of anilines is 1. The average Bonchev–Trinajstić information content (AvgIpc) is 2.63. The largest absolute Gasteiger partial charge is 0.325 e. The van der Waals surface area contributed by atoms with Crippen molar-refractivity contribution in [2.24, 2.45) is 5.10 Å². The molecule has 0 radical (unpaired) electrons. The molecule has 2 aromatic carbocycles. The molecule has 0 heterocycles. The molecule has 27 heavy (non-hydrogen) atoms. The maximum atomic E-state index is 12.1. The zero-order valence-electron chi connectivity index (χ0n) is 14.7. The Balaban J connectivity index is 2.00. The molecule has 0 bridgehead atoms. The molecule has 0 fully saturated rings. The van der Waals surface area contributed by atoms with E-state index in [-0.39, 0.29) is 23.6 Å². The van der Waals surface area contributed by atoms with Crippen LogP contribution in [0.4, 0.5) is 11.4 Å². The molecule has 0 atom stereocenters. The summed E-state index contributed by atoms with van der Waals surface area (Å²) in [6.07, 6.45) is -0.0664. The van der Waals surface area contributed by atoms with Gasteiger partial charge >= 0.3 is 0 Å². The Hall–Kier alpha value is -3.26. The molecule has 8 nitrogen and oxygen atoms in total. The van der Waals surface area contributed by atoms with E-state index in [9.17, 15) is 19.7 Å². The maximum absolute atomic E-state index is 12.1. The van der Waals surface area contributed by atoms with E-state index in [0.717, 1.165) is 5.56 Å². The van der Waals surface area contributed by atoms with Crippen LogP contribution in [-0.2, 0) is 4.79 Å². The van der Waals surface area contributed by atoms with Crippen LogP contribution in [0.15, 0.2) is 47.6 Å². The van der Waals surface area contributed by atoms with Gasteiger partial charge < -0.3 is 5.32 Å². The van der Waals surface area contributed by atoms with E-state index >= 15 is 0 Å². The Labute approximate surface area is 160 Å². The molecule has 2 N–H and O–H groups in total. The standard InChI is InChI=1S/C18H17ClN4O4/c1-11(10-17(24)20-15-8-5-7-14(19)12(15)2)21-22-18(25)13-6-3-4-9-16(13)23(26)27/h3-9H,10H2,1-2H3,(H,20,24)(H,22,25)/b21-11+. The Morgan fingerprint density at radius 3 is 2.59 bits per heavy atom. The molecule has 2 aromatic rings. The number of carbonyl (C=O) groups is 2. The third kappa shape index (κ3) is 5.35. The number of nitrogens with one attached hydrogen (secondary N) is 2. The van der Waals surface area contributed by atoms with Gasteiger partial charge in [-0.3, -0.25) is 19.7 Å². The molecule has 0 saturated heterocycles. The molecular formula is C18H17ClN4O4. The summed E-state index contributed by atoms with van der Waals surface area (Å²) in [5, 5.41) is 18.0. The van der Waals surface area contributed by atoms with Gasteiger partial charge in [0.25, 0.3) is 11.6 Å². The predicted octanol–water partition coefficient (Wildman–Crippen LogP) is 3.69. The van der Waals surface area contributed by atoms with Crippen LogP contribution in [-0.4, -0.2) is 22.4 Å². The van der Waals surface area contributed by atoms with Gasteiger partial charge in [-0.1, -0.05) is 29.8 Å². The molecule has 140 valence electrons. The maximum Gasteiger partial charge on any atom is 0.282 e. The first-order chi connectivity index (χ1) is 12.8. The van der Waals surface area contributed by atoms with Crippen molar-refractivity contribution in [3.8, 4) is 0 Å². The molecule has 0 aromatic heterocycles. The third-order valence-electron chi connectivity index (χ3n) is 3.65. The molecule has 0 spiro atoms. The summed E-state index contributed by atoms with van der Waals surface area (Å²) in [6, 6.07) is 10.7. The second kappa shape index (κ2) is 8.91. The normalized spacial score (nSPS) is 11.0. The smallest absolute Gasteiger partial charge is 0.282 e. The fraction of sp³-hybridized carbons (Fsp3) is 0.167. The summed E-state index contributed by atoms with van der Waals surface area (Å²) in [6.45, 7) is 3.34. The zero-order valence-corrected chi connectivity index (χ0v) is 15.4. The van der Waals surface area contributed by atoms with E-state index in [2.05, 4.69) is 15.8 Å². The fourth-order valence-electron chi connectivity index (χ4n) is 2.24. The minimum absolute atomic E-state index is 0.0664. The minimum Gasteiger partial charge on any atom is -0.325 e. The number of nitro benzene ring substituents is 1. The Morgan fingerprint density at radius 2 is 1.89 bits per heavy atom. The molecule has 0 aliphatic heterocycles. The lowest BCUT2D eigenvalue weighted by Crippen LogP contribution is -2.22. The zero-order chi connectivity index (χ0) is 20.0. The number of nitrogens with zero attached hydrogens (tertiary/aromatic N) is 2. The van der Waals surface area contributed by atoms with E-state index in [1.54, 1.807) is 32.0 Å². The van der Waals surface area contributed by atoms with Crippen LogP contribution in [0.3, 0.4) is 0 Å². The fourth-order valence-corrected chi connectivity index (χ4v) is 2.41.